The molecule has 0 aromatic heterocycles. The Morgan fingerprint density at radius 1 is 0.957 bits per heavy atom. The first-order valence-corrected chi connectivity index (χ1v) is 15.9. The Bertz CT molecular complexity index is 1550. The van der Waals surface area contributed by atoms with Crippen LogP contribution >= 0.6 is 0 Å². The van der Waals surface area contributed by atoms with Crippen LogP contribution in [0.3, 0.4) is 0 Å². The average Bonchev–Trinajstić information content (AvgIpc) is 3.09. The lowest BCUT2D eigenvalue weighted by atomic mass is 9.68. The summed E-state index contributed by atoms with van der Waals surface area (Å²) >= 11 is 0. The van der Waals surface area contributed by atoms with Gasteiger partial charge in [-0.25, -0.2) is 4.79 Å². The number of methoxy groups -OCH3 is 1. The molecule has 3 aromatic rings. The third-order valence-electron chi connectivity index (χ3n) is 9.49. The number of benzene rings is 3. The van der Waals surface area contributed by atoms with Crippen LogP contribution in [-0.2, 0) is 19.7 Å². The van der Waals surface area contributed by atoms with Crippen molar-refractivity contribution in [3.8, 4) is 0 Å². The molecule has 1 N–H and O–H groups in total. The fourth-order valence-corrected chi connectivity index (χ4v) is 7.12. The number of carbonyl (C=O) groups excluding carboxylic acids is 2. The molecule has 3 aromatic carbocycles. The van der Waals surface area contributed by atoms with Crippen molar-refractivity contribution >= 4 is 18.1 Å². The Balaban J connectivity index is 1.26. The summed E-state index contributed by atoms with van der Waals surface area (Å²) in [7, 11) is 1.32. The summed E-state index contributed by atoms with van der Waals surface area (Å²) in [5.41, 5.74) is 5.73. The van der Waals surface area contributed by atoms with E-state index in [9.17, 15) is 19.7 Å². The van der Waals surface area contributed by atoms with Crippen LogP contribution < -0.4 is 5.32 Å². The van der Waals surface area contributed by atoms with Crippen LogP contribution in [0.1, 0.15) is 62.1 Å². The second-order valence-electron chi connectivity index (χ2n) is 12.1. The summed E-state index contributed by atoms with van der Waals surface area (Å²) in [6.07, 6.45) is 4.58. The van der Waals surface area contributed by atoms with Crippen molar-refractivity contribution in [2.24, 2.45) is 0 Å². The van der Waals surface area contributed by atoms with E-state index >= 15 is 0 Å². The van der Waals surface area contributed by atoms with E-state index < -0.39 is 16.8 Å². The molecule has 46 heavy (non-hydrogen) atoms. The summed E-state index contributed by atoms with van der Waals surface area (Å²) in [5.74, 6) is -1.14. The molecule has 240 valence electrons. The fraction of sp³-hybridized carbons (Fsp3) is 0.351. The number of esters is 1. The quantitative estimate of drug-likeness (QED) is 0.0833. The molecule has 2 aliphatic rings. The molecule has 0 saturated carbocycles. The lowest BCUT2D eigenvalue weighted by molar-refractivity contribution is -0.384. The lowest BCUT2D eigenvalue weighted by Crippen LogP contribution is -2.43. The predicted octanol–water partition coefficient (Wildman–Crippen LogP) is 6.28. The van der Waals surface area contributed by atoms with Crippen molar-refractivity contribution in [2.75, 3.05) is 33.3 Å². The van der Waals surface area contributed by atoms with Gasteiger partial charge >= 0.3 is 5.97 Å². The van der Waals surface area contributed by atoms with Crippen molar-refractivity contribution in [1.29, 1.82) is 0 Å². The van der Waals surface area contributed by atoms with E-state index in [0.29, 0.717) is 29.1 Å². The minimum Gasteiger partial charge on any atom is -0.466 e. The van der Waals surface area contributed by atoms with E-state index in [4.69, 9.17) is 4.74 Å². The van der Waals surface area contributed by atoms with Gasteiger partial charge in [-0.1, -0.05) is 72.8 Å². The van der Waals surface area contributed by atoms with Gasteiger partial charge in [0.25, 0.3) is 5.69 Å². The van der Waals surface area contributed by atoms with Crippen LogP contribution in [0.25, 0.3) is 0 Å². The van der Waals surface area contributed by atoms with Gasteiger partial charge < -0.3 is 19.9 Å². The van der Waals surface area contributed by atoms with Gasteiger partial charge in [0.15, 0.2) is 0 Å². The highest BCUT2D eigenvalue weighted by Gasteiger charge is 2.38. The normalized spacial score (nSPS) is 18.1. The number of piperidine rings is 1. The Morgan fingerprint density at radius 3 is 2.07 bits per heavy atom. The number of hydrogen-bond donors (Lipinski definition) is 1. The molecule has 1 fully saturated rings. The molecule has 0 aliphatic carbocycles. The standard InChI is InChI=1S/C37H42N4O5/c1-27-33(36(43)46-3)34(29-16-18-32(19-17-29)41(44)45)35(28(2)38-27)40(26-42)23-11-10-22-39-24-20-37(21-25-39,30-12-6-4-7-13-30)31-14-8-5-9-15-31/h4-9,12-19,26,34,38H,10-11,20-25H2,1-3H3. The van der Waals surface area contributed by atoms with Crippen LogP contribution in [0.15, 0.2) is 108 Å². The molecule has 0 spiro atoms. The molecule has 0 radical (unpaired) electrons. The topological polar surface area (TPSA) is 105 Å². The third kappa shape index (κ3) is 6.74. The number of nitrogens with zero attached hydrogens (tertiary/aromatic N) is 3. The van der Waals surface area contributed by atoms with Gasteiger partial charge in [0.05, 0.1) is 29.2 Å². The number of nitrogens with one attached hydrogen (secondary N) is 1. The van der Waals surface area contributed by atoms with Gasteiger partial charge in [-0.15, -0.1) is 0 Å². The number of ether oxygens (including phenoxy) is 1. The van der Waals surface area contributed by atoms with E-state index in [-0.39, 0.29) is 11.1 Å². The van der Waals surface area contributed by atoms with Gasteiger partial charge in [-0.3, -0.25) is 14.9 Å². The molecule has 5 rings (SSSR count). The SMILES string of the molecule is COC(=O)C1=C(C)NC(C)=C(N(C=O)CCCCN2CCC(c3ccccc3)(c3ccccc3)CC2)C1c1ccc([N+](=O)[O-])cc1. The molecule has 2 aliphatic heterocycles. The maximum absolute atomic E-state index is 13.0. The maximum atomic E-state index is 13.0. The predicted molar refractivity (Wildman–Crippen MR) is 178 cm³/mol. The average molecular weight is 623 g/mol. The summed E-state index contributed by atoms with van der Waals surface area (Å²) in [6, 6.07) is 27.8. The number of amides is 1. The van der Waals surface area contributed by atoms with Gasteiger partial charge in [-0.05, 0) is 75.9 Å². The number of likely N-dealkylation sites (tertiary alicyclic amines) is 1. The number of rotatable bonds is 12. The van der Waals surface area contributed by atoms with Crippen molar-refractivity contribution in [2.45, 2.75) is 50.9 Å². The third-order valence-corrected chi connectivity index (χ3v) is 9.49. The van der Waals surface area contributed by atoms with Crippen LogP contribution in [0.5, 0.6) is 0 Å². The first kappa shape index (κ1) is 32.6. The van der Waals surface area contributed by atoms with Gasteiger partial charge in [0.1, 0.15) is 0 Å². The largest absolute Gasteiger partial charge is 0.466 e. The van der Waals surface area contributed by atoms with E-state index in [0.717, 1.165) is 57.4 Å². The molecular weight excluding hydrogens is 580 g/mol. The minimum atomic E-state index is -0.620. The zero-order chi connectivity index (χ0) is 32.7. The molecule has 1 unspecified atom stereocenters. The second-order valence-corrected chi connectivity index (χ2v) is 12.1. The number of dihydropyridines is 1. The zero-order valence-corrected chi connectivity index (χ0v) is 26.8. The number of nitro groups is 1. The summed E-state index contributed by atoms with van der Waals surface area (Å²) < 4.78 is 5.13. The van der Waals surface area contributed by atoms with Crippen molar-refractivity contribution in [3.63, 3.8) is 0 Å². The number of hydrogen-bond acceptors (Lipinski definition) is 7. The van der Waals surface area contributed by atoms with E-state index in [1.807, 2.05) is 6.92 Å². The molecule has 0 bridgehead atoms. The Morgan fingerprint density at radius 2 is 1.54 bits per heavy atom. The van der Waals surface area contributed by atoms with E-state index in [1.54, 1.807) is 24.0 Å². The molecule has 1 atom stereocenters. The molecular formula is C37H42N4O5. The van der Waals surface area contributed by atoms with Crippen LogP contribution in [0.2, 0.25) is 0 Å². The Kier molecular flexibility index (Phi) is 10.3. The highest BCUT2D eigenvalue weighted by atomic mass is 16.6. The summed E-state index contributed by atoms with van der Waals surface area (Å²) in [4.78, 5) is 40.6. The number of carbonyl (C=O) groups is 2. The van der Waals surface area contributed by atoms with Crippen LogP contribution in [0, 0.1) is 10.1 Å². The van der Waals surface area contributed by atoms with Gasteiger partial charge in [-0.2, -0.15) is 0 Å². The molecule has 1 saturated heterocycles. The van der Waals surface area contributed by atoms with Crippen molar-refractivity contribution < 1.29 is 19.2 Å². The van der Waals surface area contributed by atoms with Gasteiger partial charge in [0, 0.05) is 35.5 Å². The minimum absolute atomic E-state index is 0.00119. The first-order valence-electron chi connectivity index (χ1n) is 15.9. The molecule has 9 nitrogen and oxygen atoms in total. The highest BCUT2D eigenvalue weighted by Crippen LogP contribution is 2.42. The van der Waals surface area contributed by atoms with Crippen LogP contribution in [-0.4, -0.2) is 60.4 Å². The highest BCUT2D eigenvalue weighted by molar-refractivity contribution is 5.92. The molecule has 1 amide bonds. The van der Waals surface area contributed by atoms with Crippen molar-refractivity contribution in [1.82, 2.24) is 15.1 Å². The number of allylic oxidation sites excluding steroid dienone is 3. The fourth-order valence-electron chi connectivity index (χ4n) is 7.12. The smallest absolute Gasteiger partial charge is 0.336 e. The second kappa shape index (κ2) is 14.6. The van der Waals surface area contributed by atoms with Crippen molar-refractivity contribution in [3.05, 3.63) is 134 Å². The van der Waals surface area contributed by atoms with Gasteiger partial charge in [0.2, 0.25) is 6.41 Å². The number of non-ortho nitro benzene ring substituents is 1. The zero-order valence-electron chi connectivity index (χ0n) is 26.8. The monoisotopic (exact) mass is 622 g/mol. The number of unbranched alkanes of at least 4 members (excludes halogenated alkanes) is 1. The first-order chi connectivity index (χ1) is 22.3. The summed E-state index contributed by atoms with van der Waals surface area (Å²) in [6.45, 7) is 7.05. The molecule has 2 heterocycles. The Hall–Kier alpha value is -4.76. The number of nitro benzene ring substituents is 1. The van der Waals surface area contributed by atoms with E-state index in [1.165, 1.54) is 30.4 Å². The van der Waals surface area contributed by atoms with E-state index in [2.05, 4.69) is 70.9 Å². The van der Waals surface area contributed by atoms with Crippen LogP contribution in [0.4, 0.5) is 5.69 Å². The Labute approximate surface area is 270 Å². The maximum Gasteiger partial charge on any atom is 0.336 e. The molecule has 9 heteroatoms. The lowest BCUT2D eigenvalue weighted by Gasteiger charge is -2.43. The summed E-state index contributed by atoms with van der Waals surface area (Å²) in [5, 5.41) is 14.6.